The molecule has 1 aromatic heterocycles. The van der Waals surface area contributed by atoms with Gasteiger partial charge in [-0.25, -0.2) is 4.98 Å². The van der Waals surface area contributed by atoms with Gasteiger partial charge in [0.15, 0.2) is 0 Å². The number of carbonyl (C=O) groups excluding carboxylic acids is 1. The van der Waals surface area contributed by atoms with Crippen molar-refractivity contribution >= 4 is 41.3 Å². The fourth-order valence-corrected chi connectivity index (χ4v) is 2.75. The summed E-state index contributed by atoms with van der Waals surface area (Å²) in [6.07, 6.45) is 0.482. The van der Waals surface area contributed by atoms with E-state index in [1.165, 1.54) is 11.3 Å². The topological polar surface area (TPSA) is 77.2 Å². The largest absolute Gasteiger partial charge is 0.487 e. The Bertz CT molecular complexity index is 637. The van der Waals surface area contributed by atoms with Crippen LogP contribution in [0.5, 0.6) is 5.75 Å². The van der Waals surface area contributed by atoms with Crippen molar-refractivity contribution in [3.05, 3.63) is 45.4 Å². The maximum atomic E-state index is 12.0. The van der Waals surface area contributed by atoms with E-state index in [4.69, 9.17) is 22.1 Å². The molecule has 0 aliphatic rings. The molecule has 1 unspecified atom stereocenters. The van der Waals surface area contributed by atoms with Crippen LogP contribution in [0.25, 0.3) is 0 Å². The fourth-order valence-electron chi connectivity index (χ4n) is 1.78. The summed E-state index contributed by atoms with van der Waals surface area (Å²) in [5.74, 6) is 0.388. The molecular formula is C15H19Cl2N3O2S. The summed E-state index contributed by atoms with van der Waals surface area (Å²) >= 11 is 7.47. The molecule has 0 saturated carbocycles. The first kappa shape index (κ1) is 19.7. The molecule has 23 heavy (non-hydrogen) atoms. The Morgan fingerprint density at radius 3 is 2.91 bits per heavy atom. The molecule has 3 N–H and O–H groups in total. The van der Waals surface area contributed by atoms with Crippen molar-refractivity contribution in [2.45, 2.75) is 19.4 Å². The minimum absolute atomic E-state index is 0. The van der Waals surface area contributed by atoms with E-state index in [1.807, 2.05) is 19.1 Å². The van der Waals surface area contributed by atoms with Crippen molar-refractivity contribution < 1.29 is 9.53 Å². The SMILES string of the molecule is CC(CNC(=O)c1csc(CCN)n1)Oc1ccccc1Cl.Cl. The summed E-state index contributed by atoms with van der Waals surface area (Å²) in [6.45, 7) is 2.76. The van der Waals surface area contributed by atoms with Gasteiger partial charge in [-0.15, -0.1) is 23.7 Å². The highest BCUT2D eigenvalue weighted by Crippen LogP contribution is 2.24. The Kier molecular flexibility index (Phi) is 8.33. The zero-order valence-electron chi connectivity index (χ0n) is 12.6. The van der Waals surface area contributed by atoms with Gasteiger partial charge in [-0.2, -0.15) is 0 Å². The van der Waals surface area contributed by atoms with Crippen LogP contribution >= 0.6 is 35.3 Å². The van der Waals surface area contributed by atoms with E-state index >= 15 is 0 Å². The number of nitrogens with two attached hydrogens (primary N) is 1. The van der Waals surface area contributed by atoms with Gasteiger partial charge in [-0.1, -0.05) is 23.7 Å². The summed E-state index contributed by atoms with van der Waals surface area (Å²) in [5.41, 5.74) is 5.88. The average molecular weight is 376 g/mol. The quantitative estimate of drug-likeness (QED) is 0.779. The summed E-state index contributed by atoms with van der Waals surface area (Å²) in [4.78, 5) is 16.2. The predicted molar refractivity (Wildman–Crippen MR) is 96.0 cm³/mol. The van der Waals surface area contributed by atoms with Crippen molar-refractivity contribution in [3.8, 4) is 5.75 Å². The number of hydrogen-bond donors (Lipinski definition) is 2. The van der Waals surface area contributed by atoms with Gasteiger partial charge in [-0.3, -0.25) is 4.79 Å². The monoisotopic (exact) mass is 375 g/mol. The van der Waals surface area contributed by atoms with E-state index in [2.05, 4.69) is 10.3 Å². The van der Waals surface area contributed by atoms with Crippen LogP contribution in [0.2, 0.25) is 5.02 Å². The molecule has 1 aromatic carbocycles. The van der Waals surface area contributed by atoms with E-state index < -0.39 is 0 Å². The molecule has 0 radical (unpaired) electrons. The van der Waals surface area contributed by atoms with Crippen LogP contribution in [0.3, 0.4) is 0 Å². The van der Waals surface area contributed by atoms with Crippen LogP contribution < -0.4 is 15.8 Å². The zero-order valence-corrected chi connectivity index (χ0v) is 15.0. The van der Waals surface area contributed by atoms with Crippen molar-refractivity contribution in [1.29, 1.82) is 0 Å². The number of rotatable bonds is 7. The summed E-state index contributed by atoms with van der Waals surface area (Å²) < 4.78 is 5.69. The molecule has 0 aliphatic heterocycles. The van der Waals surface area contributed by atoms with E-state index in [0.29, 0.717) is 36.0 Å². The molecule has 0 saturated heterocycles. The summed E-state index contributed by atoms with van der Waals surface area (Å²) in [5, 5.41) is 5.95. The second-order valence-electron chi connectivity index (χ2n) is 4.73. The lowest BCUT2D eigenvalue weighted by molar-refractivity contribution is 0.0928. The molecule has 1 atom stereocenters. The third kappa shape index (κ3) is 5.99. The minimum atomic E-state index is -0.214. The van der Waals surface area contributed by atoms with Gasteiger partial charge in [0.05, 0.1) is 16.6 Å². The third-order valence-electron chi connectivity index (χ3n) is 2.86. The van der Waals surface area contributed by atoms with E-state index in [-0.39, 0.29) is 24.4 Å². The van der Waals surface area contributed by atoms with Gasteiger partial charge >= 0.3 is 0 Å². The Balaban J connectivity index is 0.00000264. The number of para-hydroxylation sites is 1. The first-order chi connectivity index (χ1) is 10.6. The van der Waals surface area contributed by atoms with E-state index in [0.717, 1.165) is 5.01 Å². The molecule has 0 spiro atoms. The normalized spacial score (nSPS) is 11.4. The van der Waals surface area contributed by atoms with Crippen LogP contribution in [0.4, 0.5) is 0 Å². The summed E-state index contributed by atoms with van der Waals surface area (Å²) in [6, 6.07) is 7.24. The summed E-state index contributed by atoms with van der Waals surface area (Å²) in [7, 11) is 0. The molecule has 0 bridgehead atoms. The van der Waals surface area contributed by atoms with Crippen LogP contribution in [0, 0.1) is 0 Å². The standard InChI is InChI=1S/C15H18ClN3O2S.ClH/c1-10(21-13-5-3-2-4-11(13)16)8-18-15(20)12-9-22-14(19-12)6-7-17;/h2-5,9-10H,6-8,17H2,1H3,(H,18,20);1H. The zero-order chi connectivity index (χ0) is 15.9. The number of aromatic nitrogens is 1. The van der Waals surface area contributed by atoms with Crippen LogP contribution in [0.1, 0.15) is 22.4 Å². The average Bonchev–Trinajstić information content (AvgIpc) is 2.96. The van der Waals surface area contributed by atoms with Gasteiger partial charge in [0.1, 0.15) is 17.5 Å². The number of benzene rings is 1. The van der Waals surface area contributed by atoms with Crippen molar-refractivity contribution in [2.75, 3.05) is 13.1 Å². The number of nitrogens with zero attached hydrogens (tertiary/aromatic N) is 1. The van der Waals surface area contributed by atoms with Crippen molar-refractivity contribution in [3.63, 3.8) is 0 Å². The molecule has 0 fully saturated rings. The fraction of sp³-hybridized carbons (Fsp3) is 0.333. The molecule has 8 heteroatoms. The van der Waals surface area contributed by atoms with Gasteiger partial charge in [0.2, 0.25) is 0 Å². The second-order valence-corrected chi connectivity index (χ2v) is 6.08. The maximum Gasteiger partial charge on any atom is 0.270 e. The number of hydrogen-bond acceptors (Lipinski definition) is 5. The van der Waals surface area contributed by atoms with Gasteiger partial charge in [-0.05, 0) is 25.6 Å². The first-order valence-electron chi connectivity index (χ1n) is 6.94. The number of carbonyl (C=O) groups is 1. The highest BCUT2D eigenvalue weighted by atomic mass is 35.5. The van der Waals surface area contributed by atoms with E-state index in [9.17, 15) is 4.79 Å². The van der Waals surface area contributed by atoms with Gasteiger partial charge in [0, 0.05) is 11.8 Å². The number of ether oxygens (including phenoxy) is 1. The van der Waals surface area contributed by atoms with Crippen molar-refractivity contribution in [2.24, 2.45) is 5.73 Å². The predicted octanol–water partition coefficient (Wildman–Crippen LogP) is 2.92. The smallest absolute Gasteiger partial charge is 0.270 e. The molecule has 5 nitrogen and oxygen atoms in total. The van der Waals surface area contributed by atoms with Crippen LogP contribution in [0.15, 0.2) is 29.6 Å². The molecule has 0 aliphatic carbocycles. The Labute approximate surface area is 150 Å². The minimum Gasteiger partial charge on any atom is -0.487 e. The molecule has 1 amide bonds. The molecule has 2 aromatic rings. The lowest BCUT2D eigenvalue weighted by atomic mass is 10.3. The number of halogens is 2. The Morgan fingerprint density at radius 2 is 2.22 bits per heavy atom. The number of thiazole rings is 1. The van der Waals surface area contributed by atoms with Crippen molar-refractivity contribution in [1.82, 2.24) is 10.3 Å². The number of amides is 1. The van der Waals surface area contributed by atoms with Crippen LogP contribution in [-0.2, 0) is 6.42 Å². The molecular weight excluding hydrogens is 357 g/mol. The van der Waals surface area contributed by atoms with Gasteiger partial charge < -0.3 is 15.8 Å². The Morgan fingerprint density at radius 1 is 1.48 bits per heavy atom. The highest BCUT2D eigenvalue weighted by molar-refractivity contribution is 7.09. The van der Waals surface area contributed by atoms with Gasteiger partial charge in [0.25, 0.3) is 5.91 Å². The Hall–Kier alpha value is -1.34. The molecule has 2 rings (SSSR count). The maximum absolute atomic E-state index is 12.0. The number of nitrogens with one attached hydrogen (secondary N) is 1. The first-order valence-corrected chi connectivity index (χ1v) is 8.19. The second kappa shape index (κ2) is 9.72. The van der Waals surface area contributed by atoms with Crippen LogP contribution in [-0.4, -0.2) is 30.1 Å². The molecule has 126 valence electrons. The third-order valence-corrected chi connectivity index (χ3v) is 4.08. The highest BCUT2D eigenvalue weighted by Gasteiger charge is 2.13. The van der Waals surface area contributed by atoms with E-state index in [1.54, 1.807) is 17.5 Å². The molecule has 1 heterocycles. The lowest BCUT2D eigenvalue weighted by Gasteiger charge is -2.16. The lowest BCUT2D eigenvalue weighted by Crippen LogP contribution is -2.33.